The Morgan fingerprint density at radius 2 is 1.93 bits per heavy atom. The van der Waals surface area contributed by atoms with Crippen LogP contribution >= 0.6 is 35.0 Å². The number of aromatic nitrogens is 2. The van der Waals surface area contributed by atoms with Crippen molar-refractivity contribution in [2.24, 2.45) is 0 Å². The Morgan fingerprint density at radius 3 is 2.68 bits per heavy atom. The van der Waals surface area contributed by atoms with Gasteiger partial charge in [-0.1, -0.05) is 53.2 Å². The number of hydrogen-bond acceptors (Lipinski definition) is 6. The van der Waals surface area contributed by atoms with Crippen molar-refractivity contribution < 1.29 is 13.9 Å². The molecule has 0 fully saturated rings. The third-order valence-electron chi connectivity index (χ3n) is 3.73. The van der Waals surface area contributed by atoms with Gasteiger partial charge in [0.05, 0.1) is 16.5 Å². The predicted octanol–water partition coefficient (Wildman–Crippen LogP) is 5.30. The first-order valence-corrected chi connectivity index (χ1v) is 10.1. The van der Waals surface area contributed by atoms with Crippen LogP contribution in [0.25, 0.3) is 0 Å². The number of anilines is 1. The minimum absolute atomic E-state index is 0.0855. The molecular weight excluding hydrogens is 421 g/mol. The molecular formula is C19H17Cl2N3O3S. The van der Waals surface area contributed by atoms with E-state index >= 15 is 0 Å². The Bertz CT molecular complexity index is 974. The van der Waals surface area contributed by atoms with Crippen molar-refractivity contribution in [3.63, 3.8) is 0 Å². The van der Waals surface area contributed by atoms with E-state index in [1.54, 1.807) is 18.2 Å². The number of amides is 1. The molecule has 3 rings (SSSR count). The Morgan fingerprint density at radius 1 is 1.18 bits per heavy atom. The van der Waals surface area contributed by atoms with Gasteiger partial charge in [-0.05, 0) is 43.2 Å². The fraction of sp³-hybridized carbons (Fsp3) is 0.211. The predicted molar refractivity (Wildman–Crippen MR) is 110 cm³/mol. The molecule has 1 aromatic heterocycles. The van der Waals surface area contributed by atoms with E-state index in [2.05, 4.69) is 15.5 Å². The first kappa shape index (κ1) is 20.5. The zero-order valence-corrected chi connectivity index (χ0v) is 17.5. The first-order chi connectivity index (χ1) is 13.4. The minimum atomic E-state index is -0.263. The number of rotatable bonds is 7. The normalized spacial score (nSPS) is 10.7. The topological polar surface area (TPSA) is 77.2 Å². The summed E-state index contributed by atoms with van der Waals surface area (Å²) in [6.45, 7) is 4.11. The summed E-state index contributed by atoms with van der Waals surface area (Å²) >= 11 is 13.1. The quantitative estimate of drug-likeness (QED) is 0.505. The third kappa shape index (κ3) is 5.41. The molecule has 0 aliphatic heterocycles. The molecule has 9 heteroatoms. The molecule has 0 spiro atoms. The summed E-state index contributed by atoms with van der Waals surface area (Å²) < 4.78 is 11.3. The van der Waals surface area contributed by atoms with Crippen molar-refractivity contribution in [3.8, 4) is 5.75 Å². The second-order valence-corrected chi connectivity index (χ2v) is 7.70. The van der Waals surface area contributed by atoms with Crippen LogP contribution in [0.3, 0.4) is 0 Å². The molecule has 0 saturated carbocycles. The molecule has 1 heterocycles. The van der Waals surface area contributed by atoms with Crippen LogP contribution < -0.4 is 10.1 Å². The second-order valence-electron chi connectivity index (χ2n) is 5.93. The second kappa shape index (κ2) is 9.32. The Labute approximate surface area is 176 Å². The molecule has 0 bridgehead atoms. The van der Waals surface area contributed by atoms with E-state index in [0.29, 0.717) is 21.6 Å². The summed E-state index contributed by atoms with van der Waals surface area (Å²) in [6.07, 6.45) is 0. The average molecular weight is 438 g/mol. The molecule has 0 aliphatic carbocycles. The van der Waals surface area contributed by atoms with Crippen LogP contribution in [0, 0.1) is 13.8 Å². The fourth-order valence-corrected chi connectivity index (χ4v) is 3.34. The number of ether oxygens (including phenoxy) is 1. The number of carbonyl (C=O) groups excluding carboxylic acids is 1. The number of hydrogen-bond donors (Lipinski definition) is 1. The van der Waals surface area contributed by atoms with Gasteiger partial charge in [-0.2, -0.15) is 0 Å². The van der Waals surface area contributed by atoms with E-state index in [9.17, 15) is 4.79 Å². The summed E-state index contributed by atoms with van der Waals surface area (Å²) in [5, 5.41) is 11.7. The Balaban J connectivity index is 1.52. The lowest BCUT2D eigenvalue weighted by molar-refractivity contribution is -0.113. The largest absolute Gasteiger partial charge is 0.483 e. The van der Waals surface area contributed by atoms with E-state index < -0.39 is 0 Å². The Hall–Kier alpha value is -2.22. The highest BCUT2D eigenvalue weighted by Gasteiger charge is 2.13. The molecule has 0 unspecified atom stereocenters. The highest BCUT2D eigenvalue weighted by Crippen LogP contribution is 2.26. The van der Waals surface area contributed by atoms with Crippen molar-refractivity contribution in [2.75, 3.05) is 11.1 Å². The molecule has 0 saturated heterocycles. The number of thioether (sulfide) groups is 1. The molecule has 28 heavy (non-hydrogen) atoms. The minimum Gasteiger partial charge on any atom is -0.483 e. The van der Waals surface area contributed by atoms with Gasteiger partial charge in [0, 0.05) is 5.02 Å². The maximum Gasteiger partial charge on any atom is 0.277 e. The van der Waals surface area contributed by atoms with E-state index in [0.717, 1.165) is 28.6 Å². The summed E-state index contributed by atoms with van der Waals surface area (Å²) in [4.78, 5) is 12.1. The smallest absolute Gasteiger partial charge is 0.277 e. The van der Waals surface area contributed by atoms with Crippen LogP contribution in [0.2, 0.25) is 10.0 Å². The van der Waals surface area contributed by atoms with Crippen molar-refractivity contribution in [2.45, 2.75) is 25.7 Å². The van der Waals surface area contributed by atoms with Gasteiger partial charge in [-0.15, -0.1) is 10.2 Å². The van der Waals surface area contributed by atoms with Crippen molar-refractivity contribution in [1.29, 1.82) is 0 Å². The molecule has 0 atom stereocenters. The lowest BCUT2D eigenvalue weighted by Crippen LogP contribution is -2.14. The molecule has 3 aromatic rings. The summed E-state index contributed by atoms with van der Waals surface area (Å²) in [5.74, 6) is 0.958. The van der Waals surface area contributed by atoms with Gasteiger partial charge in [0.15, 0.2) is 6.61 Å². The number of aryl methyl sites for hydroxylation is 2. The number of para-hydroxylation sites is 1. The van der Waals surface area contributed by atoms with Gasteiger partial charge in [0.25, 0.3) is 11.1 Å². The van der Waals surface area contributed by atoms with Crippen LogP contribution in [0.1, 0.15) is 17.0 Å². The van der Waals surface area contributed by atoms with Gasteiger partial charge >= 0.3 is 0 Å². The molecule has 146 valence electrons. The highest BCUT2D eigenvalue weighted by molar-refractivity contribution is 7.99. The monoisotopic (exact) mass is 437 g/mol. The van der Waals surface area contributed by atoms with E-state index in [4.69, 9.17) is 32.4 Å². The molecule has 6 nitrogen and oxygen atoms in total. The van der Waals surface area contributed by atoms with Crippen LogP contribution in [-0.4, -0.2) is 21.9 Å². The molecule has 2 aromatic carbocycles. The lowest BCUT2D eigenvalue weighted by atomic mass is 10.1. The van der Waals surface area contributed by atoms with Crippen molar-refractivity contribution in [3.05, 3.63) is 63.5 Å². The van der Waals surface area contributed by atoms with E-state index in [-0.39, 0.29) is 23.5 Å². The standard InChI is InChI=1S/C19H17Cl2N3O3S/c1-11-4-3-5-12(2)18(11)26-9-17-23-24-19(27-17)28-10-16(25)22-15-8-13(20)6-7-14(15)21/h3-8H,9-10H2,1-2H3,(H,22,25). The molecule has 0 aliphatic rings. The fourth-order valence-electron chi connectivity index (χ4n) is 2.42. The van der Waals surface area contributed by atoms with Gasteiger partial charge in [-0.25, -0.2) is 0 Å². The third-order valence-corrected chi connectivity index (χ3v) is 5.11. The summed E-state index contributed by atoms with van der Waals surface area (Å²) in [7, 11) is 0. The van der Waals surface area contributed by atoms with Gasteiger partial charge in [-0.3, -0.25) is 4.79 Å². The van der Waals surface area contributed by atoms with Crippen LogP contribution in [0.4, 0.5) is 5.69 Å². The molecule has 1 amide bonds. The lowest BCUT2D eigenvalue weighted by Gasteiger charge is -2.09. The average Bonchev–Trinajstić information content (AvgIpc) is 3.10. The van der Waals surface area contributed by atoms with Crippen LogP contribution in [0.5, 0.6) is 5.75 Å². The van der Waals surface area contributed by atoms with E-state index in [1.165, 1.54) is 0 Å². The number of nitrogens with zero attached hydrogens (tertiary/aromatic N) is 2. The molecule has 0 radical (unpaired) electrons. The van der Waals surface area contributed by atoms with Gasteiger partial charge in [0.2, 0.25) is 5.91 Å². The summed E-state index contributed by atoms with van der Waals surface area (Å²) in [5.41, 5.74) is 2.52. The van der Waals surface area contributed by atoms with Crippen molar-refractivity contribution >= 4 is 46.6 Å². The maximum absolute atomic E-state index is 12.1. The van der Waals surface area contributed by atoms with Gasteiger partial charge in [0.1, 0.15) is 5.75 Å². The number of benzene rings is 2. The Kier molecular flexibility index (Phi) is 6.83. The number of halogens is 2. The maximum atomic E-state index is 12.1. The first-order valence-electron chi connectivity index (χ1n) is 8.31. The highest BCUT2D eigenvalue weighted by atomic mass is 35.5. The SMILES string of the molecule is Cc1cccc(C)c1OCc1nnc(SCC(=O)Nc2cc(Cl)ccc2Cl)o1. The zero-order valence-electron chi connectivity index (χ0n) is 15.2. The van der Waals surface area contributed by atoms with Gasteiger partial charge < -0.3 is 14.5 Å². The zero-order chi connectivity index (χ0) is 20.1. The van der Waals surface area contributed by atoms with Crippen LogP contribution in [0.15, 0.2) is 46.0 Å². The summed E-state index contributed by atoms with van der Waals surface area (Å²) in [6, 6.07) is 10.8. The van der Waals surface area contributed by atoms with Crippen LogP contribution in [-0.2, 0) is 11.4 Å². The molecule has 1 N–H and O–H groups in total. The number of carbonyl (C=O) groups is 1. The van der Waals surface area contributed by atoms with E-state index in [1.807, 2.05) is 32.0 Å². The number of nitrogens with one attached hydrogen (secondary N) is 1. The van der Waals surface area contributed by atoms with Crippen molar-refractivity contribution in [1.82, 2.24) is 10.2 Å².